The third-order valence-electron chi connectivity index (χ3n) is 5.56. The van der Waals surface area contributed by atoms with Crippen LogP contribution in [0.3, 0.4) is 0 Å². The van der Waals surface area contributed by atoms with Gasteiger partial charge in [-0.15, -0.1) is 23.7 Å². The normalized spacial score (nSPS) is 26.5. The van der Waals surface area contributed by atoms with Gasteiger partial charge in [-0.2, -0.15) is 4.31 Å². The number of rotatable bonds is 4. The van der Waals surface area contributed by atoms with Gasteiger partial charge in [-0.25, -0.2) is 8.42 Å². The number of fused-ring (bicyclic) bond motifs is 2. The van der Waals surface area contributed by atoms with Crippen molar-refractivity contribution in [1.29, 1.82) is 0 Å². The van der Waals surface area contributed by atoms with Gasteiger partial charge in [0, 0.05) is 36.6 Å². The van der Waals surface area contributed by atoms with Crippen molar-refractivity contribution in [2.45, 2.75) is 54.8 Å². The van der Waals surface area contributed by atoms with Crippen LogP contribution < -0.4 is 5.32 Å². The van der Waals surface area contributed by atoms with Gasteiger partial charge in [0.2, 0.25) is 5.91 Å². The molecule has 2 unspecified atom stereocenters. The van der Waals surface area contributed by atoms with Crippen molar-refractivity contribution >= 4 is 39.7 Å². The molecule has 0 spiro atoms. The quantitative estimate of drug-likeness (QED) is 0.808. The van der Waals surface area contributed by atoms with Crippen LogP contribution in [0.1, 0.15) is 37.0 Å². The summed E-state index contributed by atoms with van der Waals surface area (Å²) >= 11 is 1.25. The fraction of sp³-hybridized carbons (Fsp3) is 0.706. The zero-order chi connectivity index (χ0) is 17.4. The molecule has 2 bridgehead atoms. The number of thiophene rings is 1. The Balaban J connectivity index is 0.00000196. The highest BCUT2D eigenvalue weighted by Crippen LogP contribution is 2.31. The fourth-order valence-electron chi connectivity index (χ4n) is 4.28. The predicted octanol–water partition coefficient (Wildman–Crippen LogP) is 1.85. The maximum atomic E-state index is 12.8. The van der Waals surface area contributed by atoms with E-state index in [0.717, 1.165) is 50.1 Å². The molecule has 0 saturated carbocycles. The minimum absolute atomic E-state index is 0. The van der Waals surface area contributed by atoms with Crippen LogP contribution in [0.15, 0.2) is 16.3 Å². The van der Waals surface area contributed by atoms with Crippen LogP contribution in [0.4, 0.5) is 0 Å². The van der Waals surface area contributed by atoms with Crippen molar-refractivity contribution in [3.05, 3.63) is 17.0 Å². The van der Waals surface area contributed by atoms with E-state index in [0.29, 0.717) is 35.8 Å². The zero-order valence-electron chi connectivity index (χ0n) is 14.7. The average Bonchev–Trinajstić information content (AvgIpc) is 3.27. The van der Waals surface area contributed by atoms with Gasteiger partial charge in [0.1, 0.15) is 4.21 Å². The zero-order valence-corrected chi connectivity index (χ0v) is 17.2. The summed E-state index contributed by atoms with van der Waals surface area (Å²) in [5.41, 5.74) is 0. The summed E-state index contributed by atoms with van der Waals surface area (Å²) in [5, 5.41) is 3.41. The molecule has 0 radical (unpaired) electrons. The van der Waals surface area contributed by atoms with Gasteiger partial charge in [0.25, 0.3) is 10.0 Å². The Morgan fingerprint density at radius 3 is 2.65 bits per heavy atom. The molecule has 0 aliphatic carbocycles. The minimum atomic E-state index is -3.38. The summed E-state index contributed by atoms with van der Waals surface area (Å²) in [6.07, 6.45) is 5.36. The number of carbonyl (C=O) groups excluding carboxylic acids is 1. The number of amides is 1. The lowest BCUT2D eigenvalue weighted by Gasteiger charge is -2.27. The molecular weight excluding hydrogens is 394 g/mol. The summed E-state index contributed by atoms with van der Waals surface area (Å²) in [7, 11) is -3.38. The van der Waals surface area contributed by atoms with E-state index in [1.54, 1.807) is 10.4 Å². The fourth-order valence-corrected chi connectivity index (χ4v) is 7.30. The van der Waals surface area contributed by atoms with E-state index in [4.69, 9.17) is 0 Å². The lowest BCUT2D eigenvalue weighted by Crippen LogP contribution is -2.43. The van der Waals surface area contributed by atoms with Crippen molar-refractivity contribution in [2.24, 2.45) is 0 Å². The maximum absolute atomic E-state index is 12.8. The molecule has 1 N–H and O–H groups in total. The van der Waals surface area contributed by atoms with Crippen molar-refractivity contribution in [3.8, 4) is 0 Å². The molecule has 3 saturated heterocycles. The second kappa shape index (κ2) is 8.14. The lowest BCUT2D eigenvalue weighted by atomic mass is 10.1. The monoisotopic (exact) mass is 419 g/mol. The van der Waals surface area contributed by atoms with Gasteiger partial charge in [0.05, 0.1) is 6.42 Å². The lowest BCUT2D eigenvalue weighted by molar-refractivity contribution is -0.132. The first kappa shape index (κ1) is 20.1. The van der Waals surface area contributed by atoms with E-state index in [1.165, 1.54) is 11.3 Å². The molecule has 3 fully saturated rings. The molecule has 1 amide bonds. The number of nitrogens with one attached hydrogen (secondary N) is 1. The molecule has 9 heteroatoms. The minimum Gasteiger partial charge on any atom is -0.335 e. The Labute approximate surface area is 165 Å². The smallest absolute Gasteiger partial charge is 0.252 e. The molecule has 4 rings (SSSR count). The molecule has 26 heavy (non-hydrogen) atoms. The summed E-state index contributed by atoms with van der Waals surface area (Å²) in [6.45, 7) is 3.07. The van der Waals surface area contributed by atoms with E-state index in [9.17, 15) is 13.2 Å². The highest BCUT2D eigenvalue weighted by Gasteiger charge is 2.38. The summed E-state index contributed by atoms with van der Waals surface area (Å²) in [5.74, 6) is 0.142. The van der Waals surface area contributed by atoms with E-state index in [1.807, 2.05) is 6.07 Å². The largest absolute Gasteiger partial charge is 0.335 e. The van der Waals surface area contributed by atoms with Gasteiger partial charge < -0.3 is 10.2 Å². The Morgan fingerprint density at radius 1 is 1.15 bits per heavy atom. The van der Waals surface area contributed by atoms with Crippen molar-refractivity contribution in [2.75, 3.05) is 26.2 Å². The Bertz CT molecular complexity index is 732. The number of nitrogens with zero attached hydrogens (tertiary/aromatic N) is 2. The standard InChI is InChI=1S/C17H25N3O3S2.ClH/c21-16(20-13-3-4-14(20)12-18-8-7-13)11-15-5-6-17(24-15)25(22,23)19-9-1-2-10-19;/h5-6,13-14,18H,1-4,7-12H2;1H. The first-order chi connectivity index (χ1) is 12.1. The van der Waals surface area contributed by atoms with E-state index >= 15 is 0 Å². The second-order valence-corrected chi connectivity index (χ2v) is 10.5. The average molecular weight is 420 g/mol. The molecule has 2 atom stereocenters. The van der Waals surface area contributed by atoms with E-state index in [-0.39, 0.29) is 18.3 Å². The molecule has 0 aromatic carbocycles. The molecule has 3 aliphatic rings. The van der Waals surface area contributed by atoms with Gasteiger partial charge in [-0.1, -0.05) is 0 Å². The SMILES string of the molecule is Cl.O=C(Cc1ccc(S(=O)(=O)N2CCCC2)s1)N1C2CCNCC1CC2. The Kier molecular flexibility index (Phi) is 6.29. The number of carbonyl (C=O) groups is 1. The van der Waals surface area contributed by atoms with Crippen LogP contribution in [-0.4, -0.2) is 61.8 Å². The molecule has 146 valence electrons. The molecule has 3 aliphatic heterocycles. The predicted molar refractivity (Wildman–Crippen MR) is 104 cm³/mol. The summed E-state index contributed by atoms with van der Waals surface area (Å²) in [6, 6.07) is 4.12. The highest BCUT2D eigenvalue weighted by molar-refractivity contribution is 7.91. The molecule has 6 nitrogen and oxygen atoms in total. The number of hydrogen-bond acceptors (Lipinski definition) is 5. The topological polar surface area (TPSA) is 69.7 Å². The van der Waals surface area contributed by atoms with Gasteiger partial charge in [-0.05, 0) is 50.8 Å². The van der Waals surface area contributed by atoms with Crippen LogP contribution in [0.5, 0.6) is 0 Å². The van der Waals surface area contributed by atoms with Crippen LogP contribution in [-0.2, 0) is 21.2 Å². The highest BCUT2D eigenvalue weighted by atomic mass is 35.5. The van der Waals surface area contributed by atoms with E-state index in [2.05, 4.69) is 10.2 Å². The van der Waals surface area contributed by atoms with Gasteiger partial charge in [-0.3, -0.25) is 4.79 Å². The molecule has 4 heterocycles. The Hall–Kier alpha value is -0.670. The molecular formula is C17H26ClN3O3S2. The molecule has 1 aromatic rings. The van der Waals surface area contributed by atoms with Gasteiger partial charge >= 0.3 is 0 Å². The van der Waals surface area contributed by atoms with Crippen LogP contribution in [0.25, 0.3) is 0 Å². The number of sulfonamides is 1. The Morgan fingerprint density at radius 2 is 1.88 bits per heavy atom. The second-order valence-electron chi connectivity index (χ2n) is 7.19. The van der Waals surface area contributed by atoms with Crippen molar-refractivity contribution in [1.82, 2.24) is 14.5 Å². The van der Waals surface area contributed by atoms with Crippen LogP contribution in [0, 0.1) is 0 Å². The van der Waals surface area contributed by atoms with Crippen molar-refractivity contribution in [3.63, 3.8) is 0 Å². The first-order valence-electron chi connectivity index (χ1n) is 9.16. The first-order valence-corrected chi connectivity index (χ1v) is 11.4. The summed E-state index contributed by atoms with van der Waals surface area (Å²) in [4.78, 5) is 15.8. The third kappa shape index (κ3) is 3.80. The van der Waals surface area contributed by atoms with Gasteiger partial charge in [0.15, 0.2) is 0 Å². The third-order valence-corrected chi connectivity index (χ3v) is 9.02. The van der Waals surface area contributed by atoms with Crippen LogP contribution >= 0.6 is 23.7 Å². The van der Waals surface area contributed by atoms with E-state index < -0.39 is 10.0 Å². The van der Waals surface area contributed by atoms with Crippen molar-refractivity contribution < 1.29 is 13.2 Å². The number of halogens is 1. The van der Waals surface area contributed by atoms with Crippen LogP contribution in [0.2, 0.25) is 0 Å². The molecule has 1 aromatic heterocycles. The maximum Gasteiger partial charge on any atom is 0.252 e. The number of hydrogen-bond donors (Lipinski definition) is 1. The summed E-state index contributed by atoms with van der Waals surface area (Å²) < 4.78 is 27.2.